The molecule has 6 aromatic carbocycles. The number of amidine groups is 2. The van der Waals surface area contributed by atoms with E-state index < -0.39 is 0 Å². The van der Waals surface area contributed by atoms with Crippen molar-refractivity contribution in [3.05, 3.63) is 169 Å². The van der Waals surface area contributed by atoms with Crippen molar-refractivity contribution in [2.75, 3.05) is 34.7 Å². The van der Waals surface area contributed by atoms with E-state index in [4.69, 9.17) is 19.7 Å². The lowest BCUT2D eigenvalue weighted by atomic mass is 10.0. The van der Waals surface area contributed by atoms with Crippen LogP contribution in [0.1, 0.15) is 11.1 Å². The summed E-state index contributed by atoms with van der Waals surface area (Å²) in [6.45, 7) is 0. The second kappa shape index (κ2) is 13.3. The standard InChI is InChI=1S/C40H34N8O2/c1-49-37-27-31(23-25-35(37)47-43-39(29-15-7-3-8-16-29)41-45(47)33-19-11-5-12-20-33)32-24-26-36(38(28-32)50-2)48-44-40(30-17-9-4-10-18-30)42-46(48)34-21-13-6-14-22-34/h3-28H,1-2H3,(H,41,43)(H,42,44). The van der Waals surface area contributed by atoms with Crippen LogP contribution in [0.3, 0.4) is 0 Å². The van der Waals surface area contributed by atoms with Crippen LogP contribution in [-0.2, 0) is 0 Å². The average molecular weight is 659 g/mol. The summed E-state index contributed by atoms with van der Waals surface area (Å²) in [5.41, 5.74) is 14.2. The van der Waals surface area contributed by atoms with Crippen LogP contribution in [0.25, 0.3) is 11.1 Å². The first-order valence-electron chi connectivity index (χ1n) is 16.2. The lowest BCUT2D eigenvalue weighted by molar-refractivity contribution is 0.413. The Hall–Kier alpha value is -6.94. The Balaban J connectivity index is 1.12. The summed E-state index contributed by atoms with van der Waals surface area (Å²) < 4.78 is 12.0. The lowest BCUT2D eigenvalue weighted by Gasteiger charge is -2.30. The van der Waals surface area contributed by atoms with E-state index >= 15 is 0 Å². The molecule has 0 aromatic heterocycles. The van der Waals surface area contributed by atoms with Gasteiger partial charge in [0, 0.05) is 11.1 Å². The predicted molar refractivity (Wildman–Crippen MR) is 200 cm³/mol. The minimum absolute atomic E-state index is 0.667. The molecule has 6 aromatic rings. The molecule has 0 amide bonds. The molecule has 2 aliphatic heterocycles. The van der Waals surface area contributed by atoms with E-state index in [1.54, 1.807) is 14.2 Å². The van der Waals surface area contributed by atoms with Crippen molar-refractivity contribution < 1.29 is 9.47 Å². The molecule has 2 N–H and O–H groups in total. The SMILES string of the molecule is COc1cc(-c2ccc(N3NC(c4ccccc4)=NN3c3ccccc3)c(OC)c2)ccc1N1NC(c2ccccc2)=NN1c1ccccc1. The van der Waals surface area contributed by atoms with Crippen LogP contribution in [0.15, 0.2) is 168 Å². The van der Waals surface area contributed by atoms with Crippen LogP contribution in [0, 0.1) is 0 Å². The van der Waals surface area contributed by atoms with E-state index in [0.717, 1.165) is 56.7 Å². The predicted octanol–water partition coefficient (Wildman–Crippen LogP) is 7.59. The Bertz CT molecular complexity index is 2010. The zero-order valence-corrected chi connectivity index (χ0v) is 27.5. The van der Waals surface area contributed by atoms with Gasteiger partial charge in [-0.1, -0.05) is 109 Å². The number of benzene rings is 6. The molecule has 2 aliphatic rings. The second-order valence-electron chi connectivity index (χ2n) is 11.5. The highest BCUT2D eigenvalue weighted by Crippen LogP contribution is 2.40. The van der Waals surface area contributed by atoms with Gasteiger partial charge in [-0.15, -0.1) is 10.2 Å². The first-order valence-corrected chi connectivity index (χ1v) is 16.2. The molecular weight excluding hydrogens is 624 g/mol. The van der Waals surface area contributed by atoms with Crippen LogP contribution in [-0.4, -0.2) is 25.9 Å². The van der Waals surface area contributed by atoms with Gasteiger partial charge in [-0.25, -0.2) is 0 Å². The number of hydrogen-bond donors (Lipinski definition) is 2. The molecule has 8 rings (SSSR count). The molecular formula is C40H34N8O2. The number of anilines is 4. The van der Waals surface area contributed by atoms with Gasteiger partial charge in [-0.3, -0.25) is 10.9 Å². The fraction of sp³-hybridized carbons (Fsp3) is 0.0500. The first-order chi connectivity index (χ1) is 24.7. The van der Waals surface area contributed by atoms with Gasteiger partial charge in [0.1, 0.15) is 22.9 Å². The quantitative estimate of drug-likeness (QED) is 0.165. The number of nitrogens with one attached hydrogen (secondary N) is 2. The topological polar surface area (TPSA) is 80.2 Å². The van der Waals surface area contributed by atoms with Gasteiger partial charge in [-0.05, 0) is 59.7 Å². The van der Waals surface area contributed by atoms with Crippen LogP contribution >= 0.6 is 0 Å². The van der Waals surface area contributed by atoms with Crippen molar-refractivity contribution in [1.82, 2.24) is 10.9 Å². The van der Waals surface area contributed by atoms with Gasteiger partial charge >= 0.3 is 0 Å². The van der Waals surface area contributed by atoms with Crippen molar-refractivity contribution in [1.29, 1.82) is 0 Å². The zero-order valence-electron chi connectivity index (χ0n) is 27.5. The van der Waals surface area contributed by atoms with Crippen molar-refractivity contribution >= 4 is 34.4 Å². The molecule has 0 saturated heterocycles. The van der Waals surface area contributed by atoms with Gasteiger partial charge in [0.2, 0.25) is 0 Å². The molecule has 10 heteroatoms. The third-order valence-corrected chi connectivity index (χ3v) is 8.41. The van der Waals surface area contributed by atoms with Gasteiger partial charge in [-0.2, -0.15) is 20.5 Å². The van der Waals surface area contributed by atoms with Crippen molar-refractivity contribution in [3.8, 4) is 22.6 Å². The maximum Gasteiger partial charge on any atom is 0.176 e. The Kier molecular flexibility index (Phi) is 8.08. The molecule has 0 unspecified atom stereocenters. The van der Waals surface area contributed by atoms with Crippen LogP contribution in [0.5, 0.6) is 11.5 Å². The van der Waals surface area contributed by atoms with Gasteiger partial charge < -0.3 is 9.47 Å². The average Bonchev–Trinajstić information content (AvgIpc) is 3.85. The summed E-state index contributed by atoms with van der Waals surface area (Å²) in [6, 6.07) is 52.3. The van der Waals surface area contributed by atoms with E-state index in [9.17, 15) is 0 Å². The van der Waals surface area contributed by atoms with E-state index in [1.165, 1.54) is 0 Å². The van der Waals surface area contributed by atoms with E-state index in [-0.39, 0.29) is 0 Å². The Morgan fingerprint density at radius 2 is 0.780 bits per heavy atom. The van der Waals surface area contributed by atoms with Crippen molar-refractivity contribution in [2.24, 2.45) is 10.2 Å². The zero-order chi connectivity index (χ0) is 33.9. The number of hydrazine groups is 4. The summed E-state index contributed by atoms with van der Waals surface area (Å²) in [6.07, 6.45) is 0. The van der Waals surface area contributed by atoms with E-state index in [1.807, 2.05) is 166 Å². The minimum atomic E-state index is 0.667. The smallest absolute Gasteiger partial charge is 0.176 e. The number of para-hydroxylation sites is 2. The molecule has 246 valence electrons. The lowest BCUT2D eigenvalue weighted by Crippen LogP contribution is -2.45. The summed E-state index contributed by atoms with van der Waals surface area (Å²) in [4.78, 5) is 0. The van der Waals surface area contributed by atoms with Crippen molar-refractivity contribution in [3.63, 3.8) is 0 Å². The van der Waals surface area contributed by atoms with Gasteiger partial charge in [0.05, 0.1) is 25.6 Å². The number of rotatable bonds is 9. The highest BCUT2D eigenvalue weighted by atomic mass is 16.5. The van der Waals surface area contributed by atoms with Gasteiger partial charge in [0.25, 0.3) is 0 Å². The third kappa shape index (κ3) is 5.75. The number of hydrazone groups is 2. The molecule has 0 radical (unpaired) electrons. The third-order valence-electron chi connectivity index (χ3n) is 8.41. The Labute approximate surface area is 290 Å². The maximum absolute atomic E-state index is 5.99. The van der Waals surface area contributed by atoms with E-state index in [2.05, 4.69) is 23.0 Å². The second-order valence-corrected chi connectivity index (χ2v) is 11.5. The van der Waals surface area contributed by atoms with Gasteiger partial charge in [0.15, 0.2) is 11.7 Å². The highest BCUT2D eigenvalue weighted by molar-refractivity contribution is 6.03. The fourth-order valence-corrected chi connectivity index (χ4v) is 5.91. The molecule has 0 fully saturated rings. The normalized spacial score (nSPS) is 13.8. The molecule has 0 atom stereocenters. The summed E-state index contributed by atoms with van der Waals surface area (Å²) in [5.74, 6) is 2.78. The molecule has 0 aliphatic carbocycles. The van der Waals surface area contributed by atoms with Crippen molar-refractivity contribution in [2.45, 2.75) is 0 Å². The minimum Gasteiger partial charge on any atom is -0.494 e. The first kappa shape index (κ1) is 30.4. The monoisotopic (exact) mass is 658 g/mol. The van der Waals surface area contributed by atoms with Crippen LogP contribution < -0.4 is 40.8 Å². The number of nitrogens with zero attached hydrogens (tertiary/aromatic N) is 6. The molecule has 0 saturated carbocycles. The Morgan fingerprint density at radius 1 is 0.420 bits per heavy atom. The molecule has 2 heterocycles. The highest BCUT2D eigenvalue weighted by Gasteiger charge is 2.30. The number of hydrogen-bond acceptors (Lipinski definition) is 10. The molecule has 0 spiro atoms. The number of methoxy groups -OCH3 is 2. The Morgan fingerprint density at radius 3 is 1.14 bits per heavy atom. The number of ether oxygens (including phenoxy) is 2. The fourth-order valence-electron chi connectivity index (χ4n) is 5.91. The van der Waals surface area contributed by atoms with Crippen LogP contribution in [0.2, 0.25) is 0 Å². The van der Waals surface area contributed by atoms with E-state index in [0.29, 0.717) is 11.5 Å². The summed E-state index contributed by atoms with van der Waals surface area (Å²) in [7, 11) is 3.35. The summed E-state index contributed by atoms with van der Waals surface area (Å²) >= 11 is 0. The van der Waals surface area contributed by atoms with Crippen LogP contribution in [0.4, 0.5) is 22.7 Å². The summed E-state index contributed by atoms with van der Waals surface area (Å²) in [5, 5.41) is 17.3. The molecule has 0 bridgehead atoms. The molecule has 50 heavy (non-hydrogen) atoms. The molecule has 10 nitrogen and oxygen atoms in total. The largest absolute Gasteiger partial charge is 0.494 e. The maximum atomic E-state index is 5.99.